The van der Waals surface area contributed by atoms with Crippen LogP contribution in [0.15, 0.2) is 60.7 Å². The maximum Gasteiger partial charge on any atom is 0.138 e. The van der Waals surface area contributed by atoms with Crippen molar-refractivity contribution in [3.8, 4) is 28.5 Å². The summed E-state index contributed by atoms with van der Waals surface area (Å²) in [7, 11) is 3.85. The lowest BCUT2D eigenvalue weighted by atomic mass is 10.2. The van der Waals surface area contributed by atoms with Gasteiger partial charge in [-0.15, -0.1) is 0 Å². The maximum absolute atomic E-state index is 5.25. The second-order valence-corrected chi connectivity index (χ2v) is 8.62. The van der Waals surface area contributed by atoms with Gasteiger partial charge >= 0.3 is 0 Å². The molecule has 0 unspecified atom stereocenters. The smallest absolute Gasteiger partial charge is 0.138 e. The molecule has 3 heterocycles. The van der Waals surface area contributed by atoms with Gasteiger partial charge in [0.05, 0.1) is 29.2 Å². The third kappa shape index (κ3) is 3.70. The van der Waals surface area contributed by atoms with Crippen molar-refractivity contribution in [3.63, 3.8) is 0 Å². The highest BCUT2D eigenvalue weighted by Gasteiger charge is 2.16. The molecule has 3 aromatic carbocycles. The van der Waals surface area contributed by atoms with Crippen molar-refractivity contribution in [3.05, 3.63) is 60.7 Å². The minimum Gasteiger partial charge on any atom is -0.497 e. The maximum atomic E-state index is 5.25. The zero-order valence-corrected chi connectivity index (χ0v) is 18.8. The fraction of sp³-hybridized carbons (Fsp3) is 0.231. The molecule has 1 aliphatic heterocycles. The third-order valence-corrected chi connectivity index (χ3v) is 6.45. The van der Waals surface area contributed by atoms with Crippen LogP contribution in [0.25, 0.3) is 44.8 Å². The highest BCUT2D eigenvalue weighted by molar-refractivity contribution is 5.87. The Hall–Kier alpha value is -3.84. The number of aromatic amines is 2. The third-order valence-electron chi connectivity index (χ3n) is 6.45. The number of benzene rings is 3. The van der Waals surface area contributed by atoms with Gasteiger partial charge in [0.2, 0.25) is 0 Å². The lowest BCUT2D eigenvalue weighted by Crippen LogP contribution is -2.44. The van der Waals surface area contributed by atoms with Crippen LogP contribution in [0, 0.1) is 0 Å². The number of rotatable bonds is 4. The molecular weight excluding hydrogens is 412 g/mol. The molecular formula is C26H26N6O. The number of likely N-dealkylation sites (N-methyl/N-ethyl adjacent to an activating group) is 1. The standard InChI is InChI=1S/C26H26N6O/c1-31-11-13-32(14-12-31)19-6-10-22-24(16-19)30-26(28-22)18-5-9-21-23(15-18)29-25(27-21)17-3-7-20(33-2)8-4-17/h3-10,15-16H,11-14H2,1-2H3,(H,27,29)(H,28,30). The van der Waals surface area contributed by atoms with Crippen LogP contribution >= 0.6 is 0 Å². The Kier molecular flexibility index (Phi) is 4.77. The molecule has 33 heavy (non-hydrogen) atoms. The largest absolute Gasteiger partial charge is 0.497 e. The first-order valence-corrected chi connectivity index (χ1v) is 11.2. The average Bonchev–Trinajstić information content (AvgIpc) is 3.48. The van der Waals surface area contributed by atoms with Crippen LogP contribution in [-0.4, -0.2) is 65.2 Å². The predicted molar refractivity (Wildman–Crippen MR) is 133 cm³/mol. The second kappa shape index (κ2) is 7.94. The molecule has 7 nitrogen and oxygen atoms in total. The summed E-state index contributed by atoms with van der Waals surface area (Å²) in [5, 5.41) is 0. The van der Waals surface area contributed by atoms with Gasteiger partial charge in [0, 0.05) is 43.0 Å². The molecule has 1 aliphatic rings. The number of piperazine rings is 1. The zero-order chi connectivity index (χ0) is 22.4. The number of anilines is 1. The molecule has 1 fully saturated rings. The van der Waals surface area contributed by atoms with Gasteiger partial charge in [-0.2, -0.15) is 0 Å². The molecule has 1 saturated heterocycles. The average molecular weight is 439 g/mol. The topological polar surface area (TPSA) is 73.1 Å². The van der Waals surface area contributed by atoms with Crippen molar-refractivity contribution >= 4 is 27.8 Å². The van der Waals surface area contributed by atoms with Gasteiger partial charge in [0.15, 0.2) is 0 Å². The molecule has 6 rings (SSSR count). The molecule has 0 bridgehead atoms. The van der Waals surface area contributed by atoms with Gasteiger partial charge in [-0.05, 0) is 67.7 Å². The van der Waals surface area contributed by atoms with Crippen LogP contribution in [-0.2, 0) is 0 Å². The lowest BCUT2D eigenvalue weighted by molar-refractivity contribution is 0.313. The minimum absolute atomic E-state index is 0.831. The highest BCUT2D eigenvalue weighted by Crippen LogP contribution is 2.28. The highest BCUT2D eigenvalue weighted by atomic mass is 16.5. The van der Waals surface area contributed by atoms with Gasteiger partial charge in [0.1, 0.15) is 17.4 Å². The van der Waals surface area contributed by atoms with E-state index in [4.69, 9.17) is 14.7 Å². The number of H-pyrrole nitrogens is 2. The van der Waals surface area contributed by atoms with Crippen molar-refractivity contribution in [1.29, 1.82) is 0 Å². The molecule has 166 valence electrons. The fourth-order valence-electron chi connectivity index (χ4n) is 4.44. The SMILES string of the molecule is COc1ccc(-c2nc3ccc(-c4nc5ccc(N6CCN(C)CC6)cc5[nH]4)cc3[nH]2)cc1. The van der Waals surface area contributed by atoms with E-state index in [0.717, 1.165) is 76.8 Å². The second-order valence-electron chi connectivity index (χ2n) is 8.62. The van der Waals surface area contributed by atoms with E-state index in [1.54, 1.807) is 7.11 Å². The van der Waals surface area contributed by atoms with E-state index in [9.17, 15) is 0 Å². The molecule has 0 aliphatic carbocycles. The van der Waals surface area contributed by atoms with Crippen molar-refractivity contribution in [2.45, 2.75) is 0 Å². The van der Waals surface area contributed by atoms with Gasteiger partial charge < -0.3 is 24.5 Å². The Balaban J connectivity index is 1.31. The van der Waals surface area contributed by atoms with Gasteiger partial charge in [-0.3, -0.25) is 0 Å². The van der Waals surface area contributed by atoms with E-state index >= 15 is 0 Å². The first-order chi connectivity index (χ1) is 16.2. The van der Waals surface area contributed by atoms with Crippen molar-refractivity contribution in [2.75, 3.05) is 45.2 Å². The molecule has 0 saturated carbocycles. The number of hydrogen-bond donors (Lipinski definition) is 2. The Bertz CT molecular complexity index is 1430. The number of imidazole rings is 2. The van der Waals surface area contributed by atoms with Gasteiger partial charge in [-0.1, -0.05) is 0 Å². The summed E-state index contributed by atoms with van der Waals surface area (Å²) in [6, 6.07) is 20.6. The van der Waals surface area contributed by atoms with E-state index in [-0.39, 0.29) is 0 Å². The number of methoxy groups -OCH3 is 1. The number of fused-ring (bicyclic) bond motifs is 2. The molecule has 5 aromatic rings. The van der Waals surface area contributed by atoms with Crippen LogP contribution < -0.4 is 9.64 Å². The molecule has 0 spiro atoms. The van der Waals surface area contributed by atoms with Crippen LogP contribution in [0.4, 0.5) is 5.69 Å². The molecule has 7 heteroatoms. The Morgan fingerprint density at radius 2 is 1.33 bits per heavy atom. The monoisotopic (exact) mass is 438 g/mol. The van der Waals surface area contributed by atoms with E-state index < -0.39 is 0 Å². The molecule has 2 aromatic heterocycles. The van der Waals surface area contributed by atoms with Crippen LogP contribution in [0.2, 0.25) is 0 Å². The summed E-state index contributed by atoms with van der Waals surface area (Å²) in [6.07, 6.45) is 0. The fourth-order valence-corrected chi connectivity index (χ4v) is 4.44. The van der Waals surface area contributed by atoms with E-state index in [1.165, 1.54) is 5.69 Å². The predicted octanol–water partition coefficient (Wildman–Crippen LogP) is 4.53. The minimum atomic E-state index is 0.831. The number of nitrogens with zero attached hydrogens (tertiary/aromatic N) is 4. The van der Waals surface area contributed by atoms with Crippen LogP contribution in [0.5, 0.6) is 5.75 Å². The summed E-state index contributed by atoms with van der Waals surface area (Å²) in [5.74, 6) is 2.53. The Morgan fingerprint density at radius 3 is 2.03 bits per heavy atom. The molecule has 0 atom stereocenters. The summed E-state index contributed by atoms with van der Waals surface area (Å²) in [4.78, 5) is 21.4. The number of hydrogen-bond acceptors (Lipinski definition) is 5. The normalized spacial score (nSPS) is 14.9. The molecule has 0 radical (unpaired) electrons. The number of nitrogens with one attached hydrogen (secondary N) is 2. The summed E-state index contributed by atoms with van der Waals surface area (Å²) >= 11 is 0. The lowest BCUT2D eigenvalue weighted by Gasteiger charge is -2.34. The van der Waals surface area contributed by atoms with E-state index in [1.807, 2.05) is 30.3 Å². The summed E-state index contributed by atoms with van der Waals surface area (Å²) in [5.41, 5.74) is 7.25. The van der Waals surface area contributed by atoms with E-state index in [2.05, 4.69) is 57.1 Å². The van der Waals surface area contributed by atoms with E-state index in [0.29, 0.717) is 0 Å². The molecule has 2 N–H and O–H groups in total. The Labute approximate surface area is 192 Å². The summed E-state index contributed by atoms with van der Waals surface area (Å²) in [6.45, 7) is 4.29. The number of aromatic nitrogens is 4. The Morgan fingerprint density at radius 1 is 0.727 bits per heavy atom. The molecule has 0 amide bonds. The summed E-state index contributed by atoms with van der Waals surface area (Å²) < 4.78 is 5.25. The quantitative estimate of drug-likeness (QED) is 0.431. The van der Waals surface area contributed by atoms with Gasteiger partial charge in [-0.25, -0.2) is 9.97 Å². The van der Waals surface area contributed by atoms with Crippen molar-refractivity contribution in [2.24, 2.45) is 0 Å². The zero-order valence-electron chi connectivity index (χ0n) is 18.8. The van der Waals surface area contributed by atoms with Crippen LogP contribution in [0.1, 0.15) is 0 Å². The van der Waals surface area contributed by atoms with Crippen molar-refractivity contribution in [1.82, 2.24) is 24.8 Å². The van der Waals surface area contributed by atoms with Crippen LogP contribution in [0.3, 0.4) is 0 Å². The van der Waals surface area contributed by atoms with Crippen molar-refractivity contribution < 1.29 is 4.74 Å². The first-order valence-electron chi connectivity index (χ1n) is 11.2. The first kappa shape index (κ1) is 19.8. The van der Waals surface area contributed by atoms with Gasteiger partial charge in [0.25, 0.3) is 0 Å². The number of ether oxygens (including phenoxy) is 1.